The van der Waals surface area contributed by atoms with Crippen molar-refractivity contribution < 1.29 is 13.2 Å². The van der Waals surface area contributed by atoms with E-state index in [9.17, 15) is 13.2 Å². The Morgan fingerprint density at radius 3 is 2.29 bits per heavy atom. The molecular formula is C9H8BrF3N4. The van der Waals surface area contributed by atoms with Crippen LogP contribution in [0.3, 0.4) is 0 Å². The van der Waals surface area contributed by atoms with E-state index in [2.05, 4.69) is 26.1 Å². The predicted octanol–water partition coefficient (Wildman–Crippen LogP) is 2.79. The molecule has 0 bridgehead atoms. The molecule has 0 unspecified atom stereocenters. The quantitative estimate of drug-likeness (QED) is 0.812. The molecule has 0 radical (unpaired) electrons. The summed E-state index contributed by atoms with van der Waals surface area (Å²) in [4.78, 5) is 2.30. The van der Waals surface area contributed by atoms with Crippen molar-refractivity contribution in [2.45, 2.75) is 20.0 Å². The van der Waals surface area contributed by atoms with E-state index in [0.29, 0.717) is 10.3 Å². The van der Waals surface area contributed by atoms with Crippen LogP contribution in [-0.2, 0) is 6.18 Å². The predicted molar refractivity (Wildman–Crippen MR) is 57.4 cm³/mol. The standard InChI is InChI=1S/C9H8BrF3N4/c1-5-4-16(15-8(5)9(11,12)13)17-7(10)3-6(2)14-17/h3-4H,1-2H3. The van der Waals surface area contributed by atoms with Gasteiger partial charge in [-0.2, -0.15) is 23.1 Å². The van der Waals surface area contributed by atoms with Gasteiger partial charge in [0.05, 0.1) is 11.9 Å². The molecule has 0 N–H and O–H groups in total. The largest absolute Gasteiger partial charge is 0.435 e. The third-order valence-electron chi connectivity index (χ3n) is 2.12. The van der Waals surface area contributed by atoms with E-state index in [0.717, 1.165) is 4.79 Å². The van der Waals surface area contributed by atoms with Crippen molar-refractivity contribution in [1.82, 2.24) is 19.8 Å². The zero-order chi connectivity index (χ0) is 12.8. The zero-order valence-electron chi connectivity index (χ0n) is 8.96. The first-order chi connectivity index (χ1) is 7.79. The molecule has 0 saturated carbocycles. The van der Waals surface area contributed by atoms with Crippen LogP contribution in [0.2, 0.25) is 0 Å². The molecule has 0 aliphatic heterocycles. The second-order valence-corrected chi connectivity index (χ2v) is 4.39. The van der Waals surface area contributed by atoms with Gasteiger partial charge in [0.25, 0.3) is 0 Å². The van der Waals surface area contributed by atoms with Gasteiger partial charge in [-0.05, 0) is 35.8 Å². The number of hydrogen-bond acceptors (Lipinski definition) is 2. The lowest BCUT2D eigenvalue weighted by atomic mass is 10.3. The van der Waals surface area contributed by atoms with E-state index < -0.39 is 11.9 Å². The Bertz CT molecular complexity index is 555. The number of aryl methyl sites for hydroxylation is 2. The highest BCUT2D eigenvalue weighted by Gasteiger charge is 2.36. The van der Waals surface area contributed by atoms with Crippen LogP contribution >= 0.6 is 15.9 Å². The molecule has 2 aromatic rings. The summed E-state index contributed by atoms with van der Waals surface area (Å²) in [5, 5.41) is 7.51. The van der Waals surface area contributed by atoms with Gasteiger partial charge in [0.15, 0.2) is 5.69 Å². The van der Waals surface area contributed by atoms with Crippen LogP contribution in [0.4, 0.5) is 13.2 Å². The molecule has 0 aliphatic carbocycles. The van der Waals surface area contributed by atoms with E-state index in [1.807, 2.05) is 0 Å². The minimum absolute atomic E-state index is 0.0533. The number of alkyl halides is 3. The average molecular weight is 309 g/mol. The van der Waals surface area contributed by atoms with E-state index in [4.69, 9.17) is 0 Å². The first-order valence-electron chi connectivity index (χ1n) is 4.65. The van der Waals surface area contributed by atoms with Crippen LogP contribution < -0.4 is 0 Å². The van der Waals surface area contributed by atoms with Crippen LogP contribution in [0, 0.1) is 13.8 Å². The third kappa shape index (κ3) is 2.21. The summed E-state index contributed by atoms with van der Waals surface area (Å²) in [7, 11) is 0. The summed E-state index contributed by atoms with van der Waals surface area (Å²) in [6.45, 7) is 3.10. The summed E-state index contributed by atoms with van der Waals surface area (Å²) < 4.78 is 38.2. The van der Waals surface area contributed by atoms with E-state index in [1.165, 1.54) is 17.9 Å². The van der Waals surface area contributed by atoms with Gasteiger partial charge in [0.2, 0.25) is 0 Å². The minimum atomic E-state index is -4.45. The van der Waals surface area contributed by atoms with Gasteiger partial charge in [0.1, 0.15) is 4.60 Å². The molecule has 0 saturated heterocycles. The van der Waals surface area contributed by atoms with Crippen molar-refractivity contribution in [3.63, 3.8) is 0 Å². The summed E-state index contributed by atoms with van der Waals surface area (Å²) in [5.41, 5.74) is -0.173. The van der Waals surface area contributed by atoms with Gasteiger partial charge < -0.3 is 0 Å². The first kappa shape index (κ1) is 12.2. The number of halogens is 4. The molecule has 17 heavy (non-hydrogen) atoms. The molecule has 8 heteroatoms. The normalized spacial score (nSPS) is 12.1. The maximum Gasteiger partial charge on any atom is 0.435 e. The topological polar surface area (TPSA) is 35.6 Å². The van der Waals surface area contributed by atoms with Crippen molar-refractivity contribution in [1.29, 1.82) is 0 Å². The van der Waals surface area contributed by atoms with Gasteiger partial charge in [-0.1, -0.05) is 0 Å². The van der Waals surface area contributed by atoms with E-state index in [1.54, 1.807) is 13.0 Å². The number of rotatable bonds is 1. The molecule has 2 heterocycles. The molecule has 0 amide bonds. The van der Waals surface area contributed by atoms with Crippen LogP contribution in [0.25, 0.3) is 0 Å². The third-order valence-corrected chi connectivity index (χ3v) is 2.67. The fourth-order valence-corrected chi connectivity index (χ4v) is 1.99. The van der Waals surface area contributed by atoms with Crippen molar-refractivity contribution in [2.24, 2.45) is 0 Å². The van der Waals surface area contributed by atoms with E-state index >= 15 is 0 Å². The average Bonchev–Trinajstić information content (AvgIpc) is 2.68. The number of hydrogen-bond donors (Lipinski definition) is 0. The van der Waals surface area contributed by atoms with Crippen molar-refractivity contribution in [2.75, 3.05) is 0 Å². The van der Waals surface area contributed by atoms with Crippen LogP contribution in [0.15, 0.2) is 16.9 Å². The minimum Gasteiger partial charge on any atom is -0.164 e. The van der Waals surface area contributed by atoms with Gasteiger partial charge in [-0.15, -0.1) is 9.89 Å². The SMILES string of the molecule is Cc1cc(Br)n(-n2cc(C)c(C(F)(F)F)n2)n1. The Morgan fingerprint density at radius 1 is 1.24 bits per heavy atom. The lowest BCUT2D eigenvalue weighted by molar-refractivity contribution is -0.142. The van der Waals surface area contributed by atoms with Crippen LogP contribution in [-0.4, -0.2) is 19.8 Å². The smallest absolute Gasteiger partial charge is 0.164 e. The lowest BCUT2D eigenvalue weighted by Crippen LogP contribution is -2.14. The zero-order valence-corrected chi connectivity index (χ0v) is 10.5. The summed E-state index contributed by atoms with van der Waals surface area (Å²) in [6, 6.07) is 1.68. The van der Waals surface area contributed by atoms with Crippen molar-refractivity contribution in [3.8, 4) is 0 Å². The lowest BCUT2D eigenvalue weighted by Gasteiger charge is -2.03. The highest BCUT2D eigenvalue weighted by molar-refractivity contribution is 9.10. The summed E-state index contributed by atoms with van der Waals surface area (Å²) in [6.07, 6.45) is -3.18. The van der Waals surface area contributed by atoms with Crippen LogP contribution in [0.1, 0.15) is 17.0 Å². The summed E-state index contributed by atoms with van der Waals surface area (Å²) >= 11 is 3.20. The molecule has 4 nitrogen and oxygen atoms in total. The molecule has 2 aromatic heterocycles. The monoisotopic (exact) mass is 308 g/mol. The number of aromatic nitrogens is 4. The highest BCUT2D eigenvalue weighted by Crippen LogP contribution is 2.30. The molecular weight excluding hydrogens is 301 g/mol. The van der Waals surface area contributed by atoms with Gasteiger partial charge in [-0.3, -0.25) is 0 Å². The maximum absolute atomic E-state index is 12.6. The highest BCUT2D eigenvalue weighted by atomic mass is 79.9. The van der Waals surface area contributed by atoms with E-state index in [-0.39, 0.29) is 5.56 Å². The Hall–Kier alpha value is -1.31. The first-order valence-corrected chi connectivity index (χ1v) is 5.44. The van der Waals surface area contributed by atoms with Gasteiger partial charge in [-0.25, -0.2) is 0 Å². The van der Waals surface area contributed by atoms with Crippen molar-refractivity contribution >= 4 is 15.9 Å². The second kappa shape index (κ2) is 3.86. The summed E-state index contributed by atoms with van der Waals surface area (Å²) in [5.74, 6) is 0. The fourth-order valence-electron chi connectivity index (χ4n) is 1.42. The molecule has 92 valence electrons. The molecule has 2 rings (SSSR count). The van der Waals surface area contributed by atoms with Gasteiger partial charge >= 0.3 is 6.18 Å². The van der Waals surface area contributed by atoms with Crippen LogP contribution in [0.5, 0.6) is 0 Å². The molecule has 0 atom stereocenters. The maximum atomic E-state index is 12.6. The molecule has 0 spiro atoms. The second-order valence-electron chi connectivity index (χ2n) is 3.58. The van der Waals surface area contributed by atoms with Gasteiger partial charge in [0, 0.05) is 5.56 Å². The molecule has 0 aromatic carbocycles. The molecule has 0 fully saturated rings. The Morgan fingerprint density at radius 2 is 1.88 bits per heavy atom. The fraction of sp³-hybridized carbons (Fsp3) is 0.333. The molecule has 0 aliphatic rings. The Labute approximate surface area is 103 Å². The Kier molecular flexibility index (Phi) is 2.76. The number of nitrogens with zero attached hydrogens (tertiary/aromatic N) is 4. The van der Waals surface area contributed by atoms with Crippen molar-refractivity contribution in [3.05, 3.63) is 33.8 Å². The Balaban J connectivity index is 2.52.